The quantitative estimate of drug-likeness (QED) is 0.248. The van der Waals surface area contributed by atoms with Crippen molar-refractivity contribution in [1.82, 2.24) is 4.90 Å². The van der Waals surface area contributed by atoms with Crippen molar-refractivity contribution in [2.75, 3.05) is 0 Å². The Morgan fingerprint density at radius 1 is 1.39 bits per heavy atom. The lowest BCUT2D eigenvalue weighted by Gasteiger charge is -2.24. The van der Waals surface area contributed by atoms with E-state index in [1.54, 1.807) is 12.1 Å². The third kappa shape index (κ3) is 4.97. The molecular formula is C20H17ClN2O6S2. The van der Waals surface area contributed by atoms with E-state index in [4.69, 9.17) is 28.2 Å². The summed E-state index contributed by atoms with van der Waals surface area (Å²) in [6.45, 7) is 3.74. The number of amides is 1. The van der Waals surface area contributed by atoms with Gasteiger partial charge in [0.25, 0.3) is 11.6 Å². The Hall–Kier alpha value is -2.69. The van der Waals surface area contributed by atoms with Gasteiger partial charge in [0.1, 0.15) is 21.9 Å². The molecule has 11 heteroatoms. The second kappa shape index (κ2) is 9.21. The van der Waals surface area contributed by atoms with E-state index in [9.17, 15) is 24.8 Å². The summed E-state index contributed by atoms with van der Waals surface area (Å²) in [5.41, 5.74) is 0.320. The highest BCUT2D eigenvalue weighted by molar-refractivity contribution is 8.26. The molecule has 1 saturated heterocycles. The molecule has 1 amide bonds. The van der Waals surface area contributed by atoms with Gasteiger partial charge in [-0.15, -0.1) is 0 Å². The number of halogens is 1. The molecule has 1 aromatic heterocycles. The van der Waals surface area contributed by atoms with Gasteiger partial charge in [0.15, 0.2) is 0 Å². The number of carboxylic acid groups (broad SMARTS) is 1. The average Bonchev–Trinajstić information content (AvgIpc) is 3.24. The topological polar surface area (TPSA) is 114 Å². The van der Waals surface area contributed by atoms with Crippen LogP contribution in [0, 0.1) is 16.0 Å². The van der Waals surface area contributed by atoms with Crippen molar-refractivity contribution in [3.05, 3.63) is 56.1 Å². The highest BCUT2D eigenvalue weighted by Crippen LogP contribution is 2.37. The van der Waals surface area contributed by atoms with E-state index in [0.29, 0.717) is 17.1 Å². The summed E-state index contributed by atoms with van der Waals surface area (Å²) in [5, 5.41) is 20.6. The summed E-state index contributed by atoms with van der Waals surface area (Å²) < 4.78 is 5.91. The molecule has 0 bridgehead atoms. The number of carbonyl (C=O) groups excluding carboxylic acids is 1. The minimum absolute atomic E-state index is 0.0637. The number of furan rings is 1. The number of nitro benzene ring substituents is 1. The predicted molar refractivity (Wildman–Crippen MR) is 122 cm³/mol. The van der Waals surface area contributed by atoms with Crippen LogP contribution in [0.15, 0.2) is 39.7 Å². The van der Waals surface area contributed by atoms with Crippen LogP contribution in [-0.2, 0) is 9.59 Å². The van der Waals surface area contributed by atoms with E-state index in [-0.39, 0.29) is 32.3 Å². The van der Waals surface area contributed by atoms with Crippen molar-refractivity contribution in [3.8, 4) is 11.3 Å². The van der Waals surface area contributed by atoms with Gasteiger partial charge in [-0.1, -0.05) is 49.4 Å². The van der Waals surface area contributed by atoms with Crippen LogP contribution < -0.4 is 0 Å². The third-order valence-electron chi connectivity index (χ3n) is 4.44. The summed E-state index contributed by atoms with van der Waals surface area (Å²) in [5.74, 6) is -0.840. The maximum absolute atomic E-state index is 12.8. The molecule has 31 heavy (non-hydrogen) atoms. The van der Waals surface area contributed by atoms with E-state index < -0.39 is 22.8 Å². The molecular weight excluding hydrogens is 464 g/mol. The fraction of sp³-hybridized carbons (Fsp3) is 0.250. The number of nitro groups is 1. The molecule has 0 spiro atoms. The molecule has 1 N–H and O–H groups in total. The highest BCUT2D eigenvalue weighted by Gasteiger charge is 2.40. The maximum atomic E-state index is 12.8. The molecule has 2 heterocycles. The van der Waals surface area contributed by atoms with E-state index in [1.165, 1.54) is 24.3 Å². The Labute approximate surface area is 192 Å². The van der Waals surface area contributed by atoms with Crippen molar-refractivity contribution in [2.24, 2.45) is 5.92 Å². The zero-order chi connectivity index (χ0) is 22.9. The molecule has 8 nitrogen and oxygen atoms in total. The largest absolute Gasteiger partial charge is 0.480 e. The van der Waals surface area contributed by atoms with Crippen LogP contribution in [0.4, 0.5) is 5.69 Å². The first-order chi connectivity index (χ1) is 14.6. The van der Waals surface area contributed by atoms with Crippen LogP contribution in [-0.4, -0.2) is 37.2 Å². The molecule has 1 aliphatic heterocycles. The minimum Gasteiger partial charge on any atom is -0.480 e. The lowest BCUT2D eigenvalue weighted by atomic mass is 10.0. The van der Waals surface area contributed by atoms with E-state index in [0.717, 1.165) is 16.7 Å². The monoisotopic (exact) mass is 480 g/mol. The zero-order valence-electron chi connectivity index (χ0n) is 16.4. The first kappa shape index (κ1) is 23.0. The van der Waals surface area contributed by atoms with Crippen LogP contribution in [0.25, 0.3) is 17.4 Å². The predicted octanol–water partition coefficient (Wildman–Crippen LogP) is 5.21. The Morgan fingerprint density at radius 2 is 2.10 bits per heavy atom. The molecule has 1 aromatic carbocycles. The van der Waals surface area contributed by atoms with Gasteiger partial charge >= 0.3 is 5.97 Å². The molecule has 0 aliphatic carbocycles. The number of non-ortho nitro benzene ring substituents is 1. The van der Waals surface area contributed by atoms with Crippen molar-refractivity contribution >= 4 is 63.5 Å². The second-order valence-electron chi connectivity index (χ2n) is 7.16. The van der Waals surface area contributed by atoms with Gasteiger partial charge < -0.3 is 9.52 Å². The Balaban J connectivity index is 1.86. The zero-order valence-corrected chi connectivity index (χ0v) is 18.8. The molecule has 0 radical (unpaired) electrons. The normalized spacial score (nSPS) is 16.4. The summed E-state index contributed by atoms with van der Waals surface area (Å²) in [6.07, 6.45) is 1.76. The van der Waals surface area contributed by atoms with Gasteiger partial charge in [-0.25, -0.2) is 4.79 Å². The fourth-order valence-corrected chi connectivity index (χ4v) is 4.64. The minimum atomic E-state index is -1.11. The highest BCUT2D eigenvalue weighted by atomic mass is 35.5. The number of carboxylic acids is 1. The SMILES string of the molecule is CC(C)CC(C(=O)O)N1C(=O)/C(=C\c2ccc(-c3ccc([N+](=O)[O-])cc3Cl)o2)SC1=S. The van der Waals surface area contributed by atoms with Crippen LogP contribution in [0.3, 0.4) is 0 Å². The summed E-state index contributed by atoms with van der Waals surface area (Å²) in [7, 11) is 0. The Bertz CT molecular complexity index is 1110. The Kier molecular flexibility index (Phi) is 6.83. The van der Waals surface area contributed by atoms with Gasteiger partial charge in [-0.05, 0) is 30.5 Å². The Morgan fingerprint density at radius 3 is 2.68 bits per heavy atom. The molecule has 1 fully saturated rings. The standard InChI is InChI=1S/C20H17ClN2O6S2/c1-10(2)7-15(19(25)26)22-18(24)17(31-20(22)30)9-12-4-6-16(29-12)13-5-3-11(23(27)28)8-14(13)21/h3-6,8-10,15H,7H2,1-2H3,(H,25,26)/b17-9+. The van der Waals surface area contributed by atoms with Crippen molar-refractivity contribution in [3.63, 3.8) is 0 Å². The maximum Gasteiger partial charge on any atom is 0.326 e. The van der Waals surface area contributed by atoms with E-state index in [1.807, 2.05) is 13.8 Å². The fourth-order valence-electron chi connectivity index (χ4n) is 3.03. The van der Waals surface area contributed by atoms with Gasteiger partial charge in [0.2, 0.25) is 0 Å². The third-order valence-corrected chi connectivity index (χ3v) is 6.09. The smallest absolute Gasteiger partial charge is 0.326 e. The van der Waals surface area contributed by atoms with Crippen LogP contribution >= 0.6 is 35.6 Å². The number of thioether (sulfide) groups is 1. The number of hydrogen-bond acceptors (Lipinski definition) is 7. The van der Waals surface area contributed by atoms with Crippen molar-refractivity contribution < 1.29 is 24.0 Å². The molecule has 0 saturated carbocycles. The molecule has 162 valence electrons. The average molecular weight is 481 g/mol. The summed E-state index contributed by atoms with van der Waals surface area (Å²) in [6, 6.07) is 6.22. The molecule has 2 aromatic rings. The molecule has 1 aliphatic rings. The van der Waals surface area contributed by atoms with Crippen molar-refractivity contribution in [1.29, 1.82) is 0 Å². The van der Waals surface area contributed by atoms with Gasteiger partial charge in [-0.3, -0.25) is 19.8 Å². The number of aliphatic carboxylic acids is 1. The molecule has 3 rings (SSSR count). The summed E-state index contributed by atoms with van der Waals surface area (Å²) in [4.78, 5) is 36.2. The lowest BCUT2D eigenvalue weighted by molar-refractivity contribution is -0.384. The molecule has 1 atom stereocenters. The lowest BCUT2D eigenvalue weighted by Crippen LogP contribution is -2.44. The number of rotatable bonds is 7. The van der Waals surface area contributed by atoms with E-state index >= 15 is 0 Å². The van der Waals surface area contributed by atoms with Crippen LogP contribution in [0.2, 0.25) is 5.02 Å². The van der Waals surface area contributed by atoms with Gasteiger partial charge in [0.05, 0.1) is 14.9 Å². The number of benzene rings is 1. The van der Waals surface area contributed by atoms with Crippen molar-refractivity contribution in [2.45, 2.75) is 26.3 Å². The molecule has 1 unspecified atom stereocenters. The van der Waals surface area contributed by atoms with Crippen LogP contribution in [0.1, 0.15) is 26.0 Å². The second-order valence-corrected chi connectivity index (χ2v) is 9.24. The van der Waals surface area contributed by atoms with E-state index in [2.05, 4.69) is 0 Å². The van der Waals surface area contributed by atoms with Crippen LogP contribution in [0.5, 0.6) is 0 Å². The summed E-state index contributed by atoms with van der Waals surface area (Å²) >= 11 is 12.4. The van der Waals surface area contributed by atoms with Gasteiger partial charge in [-0.2, -0.15) is 0 Å². The number of thiocarbonyl (C=S) groups is 1. The van der Waals surface area contributed by atoms with Gasteiger partial charge in [0, 0.05) is 23.8 Å². The first-order valence-corrected chi connectivity index (χ1v) is 10.7. The number of hydrogen-bond donors (Lipinski definition) is 1. The number of carbonyl (C=O) groups is 2. The first-order valence-electron chi connectivity index (χ1n) is 9.12. The number of nitrogens with zero attached hydrogens (tertiary/aromatic N) is 2.